The fourth-order valence-electron chi connectivity index (χ4n) is 3.32. The van der Waals surface area contributed by atoms with Crippen molar-refractivity contribution < 1.29 is 18.7 Å². The van der Waals surface area contributed by atoms with E-state index in [-0.39, 0.29) is 29.1 Å². The normalized spacial score (nSPS) is 27.1. The number of nitrogens with one attached hydrogen (secondary N) is 1. The van der Waals surface area contributed by atoms with Crippen LogP contribution in [0.25, 0.3) is 0 Å². The molecule has 1 N–H and O–H groups in total. The third-order valence-corrected chi connectivity index (χ3v) is 4.81. The summed E-state index contributed by atoms with van der Waals surface area (Å²) in [7, 11) is 0. The van der Waals surface area contributed by atoms with Gasteiger partial charge in [0.05, 0.1) is 18.1 Å². The minimum absolute atomic E-state index is 0.0143. The molecule has 0 aliphatic carbocycles. The van der Waals surface area contributed by atoms with E-state index in [0.717, 1.165) is 19.3 Å². The summed E-state index contributed by atoms with van der Waals surface area (Å²) in [6.07, 6.45) is 2.37. The molecule has 0 aromatic heterocycles. The zero-order valence-corrected chi connectivity index (χ0v) is 13.9. The summed E-state index contributed by atoms with van der Waals surface area (Å²) in [6, 6.07) is 5.53. The van der Waals surface area contributed by atoms with Crippen molar-refractivity contribution in [3.05, 3.63) is 35.6 Å². The maximum absolute atomic E-state index is 13.0. The van der Waals surface area contributed by atoms with Crippen molar-refractivity contribution in [1.29, 1.82) is 0 Å². The number of nitrogens with zero attached hydrogens (tertiary/aromatic N) is 1. The van der Waals surface area contributed by atoms with Crippen molar-refractivity contribution in [2.45, 2.75) is 31.7 Å². The number of carbonyl (C=O) groups excluding carboxylic acids is 2. The summed E-state index contributed by atoms with van der Waals surface area (Å²) in [4.78, 5) is 26.8. The summed E-state index contributed by atoms with van der Waals surface area (Å²) in [5, 5.41) is 3.08. The van der Waals surface area contributed by atoms with Gasteiger partial charge in [0, 0.05) is 25.3 Å². The van der Waals surface area contributed by atoms with Crippen molar-refractivity contribution in [3.63, 3.8) is 0 Å². The maximum Gasteiger partial charge on any atom is 0.253 e. The van der Waals surface area contributed by atoms with E-state index in [1.54, 1.807) is 4.90 Å². The Morgan fingerprint density at radius 3 is 2.75 bits per heavy atom. The average molecular weight is 334 g/mol. The first-order valence-electron chi connectivity index (χ1n) is 8.41. The second kappa shape index (κ2) is 6.89. The lowest BCUT2D eigenvalue weighted by atomic mass is 9.94. The molecule has 2 atom stereocenters. The molecule has 0 saturated carbocycles. The lowest BCUT2D eigenvalue weighted by Crippen LogP contribution is -2.52. The van der Waals surface area contributed by atoms with Crippen LogP contribution in [0.2, 0.25) is 0 Å². The molecule has 2 aliphatic rings. The fraction of sp³-hybridized carbons (Fsp3) is 0.556. The Morgan fingerprint density at radius 2 is 2.08 bits per heavy atom. The molecule has 1 aromatic rings. The number of ether oxygens (including phenoxy) is 1. The van der Waals surface area contributed by atoms with Gasteiger partial charge in [0.1, 0.15) is 5.82 Å². The van der Waals surface area contributed by atoms with E-state index in [2.05, 4.69) is 5.32 Å². The molecule has 1 aromatic carbocycles. The summed E-state index contributed by atoms with van der Waals surface area (Å²) in [5.74, 6) is -0.738. The van der Waals surface area contributed by atoms with Gasteiger partial charge >= 0.3 is 0 Å². The highest BCUT2D eigenvalue weighted by molar-refractivity contribution is 5.94. The average Bonchev–Trinajstić information content (AvgIpc) is 3.01. The van der Waals surface area contributed by atoms with Crippen LogP contribution >= 0.6 is 0 Å². The number of likely N-dealkylation sites (tertiary alicyclic amines) is 1. The van der Waals surface area contributed by atoms with Gasteiger partial charge in [-0.15, -0.1) is 0 Å². The molecule has 0 radical (unpaired) electrons. The molecule has 5 nitrogen and oxygen atoms in total. The summed E-state index contributed by atoms with van der Waals surface area (Å²) in [5.41, 5.74) is 0.147. The van der Waals surface area contributed by atoms with E-state index in [4.69, 9.17) is 4.74 Å². The van der Waals surface area contributed by atoms with Crippen LogP contribution in [0.15, 0.2) is 24.3 Å². The molecule has 2 unspecified atom stereocenters. The first kappa shape index (κ1) is 16.9. The highest BCUT2D eigenvalue weighted by atomic mass is 19.1. The van der Waals surface area contributed by atoms with Crippen molar-refractivity contribution in [2.75, 3.05) is 26.3 Å². The molecule has 24 heavy (non-hydrogen) atoms. The highest BCUT2D eigenvalue weighted by Gasteiger charge is 2.35. The van der Waals surface area contributed by atoms with Gasteiger partial charge in [0.2, 0.25) is 5.91 Å². The molecule has 6 heteroatoms. The van der Waals surface area contributed by atoms with Crippen molar-refractivity contribution in [1.82, 2.24) is 10.2 Å². The fourth-order valence-corrected chi connectivity index (χ4v) is 3.32. The van der Waals surface area contributed by atoms with E-state index in [0.29, 0.717) is 31.9 Å². The molecular weight excluding hydrogens is 311 g/mol. The number of piperidine rings is 1. The third-order valence-electron chi connectivity index (χ3n) is 4.81. The first-order valence-corrected chi connectivity index (χ1v) is 8.41. The molecule has 3 rings (SSSR count). The van der Waals surface area contributed by atoms with Crippen LogP contribution in [0.1, 0.15) is 36.5 Å². The van der Waals surface area contributed by atoms with Crippen LogP contribution in [-0.4, -0.2) is 48.6 Å². The van der Waals surface area contributed by atoms with Crippen LogP contribution in [0.3, 0.4) is 0 Å². The topological polar surface area (TPSA) is 58.6 Å². The first-order chi connectivity index (χ1) is 11.5. The number of rotatable bonds is 3. The van der Waals surface area contributed by atoms with Crippen LogP contribution < -0.4 is 5.32 Å². The Balaban J connectivity index is 1.62. The number of benzene rings is 1. The van der Waals surface area contributed by atoms with Gasteiger partial charge in [-0.2, -0.15) is 0 Å². The molecule has 0 bridgehead atoms. The van der Waals surface area contributed by atoms with Gasteiger partial charge in [0.25, 0.3) is 5.91 Å². The Morgan fingerprint density at radius 1 is 1.33 bits per heavy atom. The SMILES string of the molecule is CC1(NC(=O)C2CCCN(C(=O)c3ccc(F)cc3)C2)CCOC1. The molecule has 0 spiro atoms. The zero-order valence-electron chi connectivity index (χ0n) is 13.9. The largest absolute Gasteiger partial charge is 0.379 e. The molecule has 2 amide bonds. The lowest BCUT2D eigenvalue weighted by Gasteiger charge is -2.34. The minimum atomic E-state index is -0.366. The second-order valence-electron chi connectivity index (χ2n) is 6.95. The minimum Gasteiger partial charge on any atom is -0.379 e. The van der Waals surface area contributed by atoms with Gasteiger partial charge in [-0.25, -0.2) is 4.39 Å². The quantitative estimate of drug-likeness (QED) is 0.919. The van der Waals surface area contributed by atoms with Gasteiger partial charge in [-0.3, -0.25) is 9.59 Å². The standard InChI is InChI=1S/C18H23FN2O3/c1-18(8-10-24-12-18)20-16(22)14-3-2-9-21(11-14)17(23)13-4-6-15(19)7-5-13/h4-7,14H,2-3,8-12H2,1H3,(H,20,22). The van der Waals surface area contributed by atoms with Crippen LogP contribution in [-0.2, 0) is 9.53 Å². The monoisotopic (exact) mass is 334 g/mol. The van der Waals surface area contributed by atoms with Gasteiger partial charge in [0.15, 0.2) is 0 Å². The number of carbonyl (C=O) groups is 2. The number of halogens is 1. The third kappa shape index (κ3) is 3.75. The Labute approximate surface area is 141 Å². The van der Waals surface area contributed by atoms with Crippen molar-refractivity contribution in [2.24, 2.45) is 5.92 Å². The summed E-state index contributed by atoms with van der Waals surface area (Å²) < 4.78 is 18.4. The molecule has 2 heterocycles. The van der Waals surface area contributed by atoms with Crippen LogP contribution in [0, 0.1) is 11.7 Å². The van der Waals surface area contributed by atoms with Crippen LogP contribution in [0.5, 0.6) is 0 Å². The predicted molar refractivity (Wildman–Crippen MR) is 87.0 cm³/mol. The van der Waals surface area contributed by atoms with E-state index in [9.17, 15) is 14.0 Å². The molecule has 2 saturated heterocycles. The summed E-state index contributed by atoms with van der Waals surface area (Å²) in [6.45, 7) is 4.21. The smallest absolute Gasteiger partial charge is 0.253 e. The Hall–Kier alpha value is -1.95. The lowest BCUT2D eigenvalue weighted by molar-refractivity contribution is -0.128. The Kier molecular flexibility index (Phi) is 4.85. The second-order valence-corrected chi connectivity index (χ2v) is 6.95. The number of amides is 2. The van der Waals surface area contributed by atoms with Gasteiger partial charge in [-0.1, -0.05) is 0 Å². The molecule has 130 valence electrons. The summed E-state index contributed by atoms with van der Waals surface area (Å²) >= 11 is 0. The molecule has 2 fully saturated rings. The number of hydrogen-bond acceptors (Lipinski definition) is 3. The van der Waals surface area contributed by atoms with E-state index in [1.807, 2.05) is 6.92 Å². The van der Waals surface area contributed by atoms with E-state index < -0.39 is 0 Å². The van der Waals surface area contributed by atoms with Gasteiger partial charge in [-0.05, 0) is 50.5 Å². The van der Waals surface area contributed by atoms with Crippen molar-refractivity contribution in [3.8, 4) is 0 Å². The molecular formula is C18H23FN2O3. The maximum atomic E-state index is 13.0. The Bertz CT molecular complexity index is 611. The van der Waals surface area contributed by atoms with Crippen LogP contribution in [0.4, 0.5) is 4.39 Å². The van der Waals surface area contributed by atoms with Gasteiger partial charge < -0.3 is 15.0 Å². The van der Waals surface area contributed by atoms with E-state index >= 15 is 0 Å². The van der Waals surface area contributed by atoms with Crippen molar-refractivity contribution >= 4 is 11.8 Å². The molecule has 2 aliphatic heterocycles. The van der Waals surface area contributed by atoms with E-state index in [1.165, 1.54) is 24.3 Å². The zero-order chi connectivity index (χ0) is 17.2. The number of hydrogen-bond donors (Lipinski definition) is 1. The predicted octanol–water partition coefficient (Wildman–Crippen LogP) is 1.97. The highest BCUT2D eigenvalue weighted by Crippen LogP contribution is 2.22.